The molecule has 0 bridgehead atoms. The normalized spacial score (nSPS) is 11.5. The number of benzene rings is 12. The number of hydrogen-bond acceptors (Lipinski definition) is 2. The maximum atomic E-state index is 18.2. The second-order valence-electron chi connectivity index (χ2n) is 19.0. The van der Waals surface area contributed by atoms with Crippen LogP contribution in [0, 0.1) is 39.3 Å². The van der Waals surface area contributed by atoms with Crippen molar-refractivity contribution in [1.82, 2.24) is 0 Å². The highest BCUT2D eigenvalue weighted by atomic mass is 19.1. The predicted molar refractivity (Wildman–Crippen MR) is 300 cm³/mol. The van der Waals surface area contributed by atoms with E-state index in [0.29, 0.717) is 22.5 Å². The van der Waals surface area contributed by atoms with Crippen LogP contribution < -0.4 is 9.80 Å². The summed E-state index contributed by atoms with van der Waals surface area (Å²) in [6, 6.07) is 78.1. The van der Waals surface area contributed by atoms with Gasteiger partial charge in [0.25, 0.3) is 0 Å². The highest BCUT2D eigenvalue weighted by Crippen LogP contribution is 2.51. The topological polar surface area (TPSA) is 6.48 Å². The SMILES string of the molecule is Cc1ccc(-c2ccc(N(c3ccccc3)c3ccc4ccc5c(N(c6ccccc6)c6ccc(-c7ccc(C)cc7)c(-c7ccc(C)cc7)c6F)ccc6ccc3c4c65)c(F)c2-c2ccc(C)cc2)cc1. The van der Waals surface area contributed by atoms with Gasteiger partial charge in [0.15, 0.2) is 11.6 Å². The first-order valence-corrected chi connectivity index (χ1v) is 24.5. The van der Waals surface area contributed by atoms with E-state index in [-0.39, 0.29) is 11.6 Å². The maximum absolute atomic E-state index is 18.2. The van der Waals surface area contributed by atoms with E-state index in [1.54, 1.807) is 0 Å². The molecule has 0 aliphatic heterocycles. The van der Waals surface area contributed by atoms with Crippen molar-refractivity contribution >= 4 is 66.4 Å². The van der Waals surface area contributed by atoms with E-state index in [1.807, 2.05) is 121 Å². The number of nitrogens with zero attached hydrogens (tertiary/aromatic N) is 2. The molecule has 0 aliphatic rings. The zero-order chi connectivity index (χ0) is 49.0. The van der Waals surface area contributed by atoms with Crippen molar-refractivity contribution in [1.29, 1.82) is 0 Å². The van der Waals surface area contributed by atoms with E-state index in [4.69, 9.17) is 0 Å². The van der Waals surface area contributed by atoms with E-state index in [2.05, 4.69) is 147 Å². The summed E-state index contributed by atoms with van der Waals surface area (Å²) in [6.07, 6.45) is 0. The van der Waals surface area contributed by atoms with Gasteiger partial charge in [-0.2, -0.15) is 0 Å². The smallest absolute Gasteiger partial charge is 0.155 e. The number of para-hydroxylation sites is 2. The monoisotopic (exact) mass is 932 g/mol. The minimum Gasteiger partial charge on any atom is -0.307 e. The molecule has 0 spiro atoms. The van der Waals surface area contributed by atoms with Gasteiger partial charge < -0.3 is 9.80 Å². The molecule has 0 aromatic heterocycles. The van der Waals surface area contributed by atoms with E-state index in [9.17, 15) is 0 Å². The summed E-state index contributed by atoms with van der Waals surface area (Å²) in [5.74, 6) is -0.625. The minimum absolute atomic E-state index is 0.312. The van der Waals surface area contributed by atoms with Crippen LogP contribution in [0.5, 0.6) is 0 Å². The van der Waals surface area contributed by atoms with Gasteiger partial charge in [0.05, 0.1) is 22.7 Å². The van der Waals surface area contributed by atoms with Gasteiger partial charge in [-0.05, 0) is 131 Å². The third-order valence-corrected chi connectivity index (χ3v) is 14.3. The molecule has 0 heterocycles. The number of aryl methyl sites for hydroxylation is 4. The van der Waals surface area contributed by atoms with Gasteiger partial charge in [0.2, 0.25) is 0 Å². The second kappa shape index (κ2) is 18.1. The molecule has 4 heteroatoms. The fraction of sp³-hybridized carbons (Fsp3) is 0.0588. The van der Waals surface area contributed by atoms with E-state index in [1.165, 1.54) is 0 Å². The Morgan fingerprint density at radius 1 is 0.278 bits per heavy atom. The molecule has 0 fully saturated rings. The molecule has 72 heavy (non-hydrogen) atoms. The van der Waals surface area contributed by atoms with Gasteiger partial charge in [0, 0.05) is 33.3 Å². The Morgan fingerprint density at radius 3 is 0.931 bits per heavy atom. The standard InChI is InChI=1S/C68H50F2N2/c1-43-15-23-47(24-16-43)55-37-41-61(67(69)65(55)51-27-19-45(3)20-28-51)71(53-11-7-5-8-12-53)59-39-33-49-32-36-58-60(40-34-50-31-35-57(59)63(49)64(50)58)72(54-13-9-6-10-14-54)62-42-38-56(48-25-17-44(2)18-26-48)66(68(62)70)52-29-21-46(4)22-30-52/h5-42H,1-4H3. The van der Waals surface area contributed by atoms with Crippen LogP contribution >= 0.6 is 0 Å². The first kappa shape index (κ1) is 44.4. The van der Waals surface area contributed by atoms with Crippen molar-refractivity contribution in [2.75, 3.05) is 9.80 Å². The summed E-state index contributed by atoms with van der Waals surface area (Å²) in [7, 11) is 0. The van der Waals surface area contributed by atoms with Gasteiger partial charge in [-0.3, -0.25) is 0 Å². The predicted octanol–water partition coefficient (Wildman–Crippen LogP) is 19.7. The fourth-order valence-corrected chi connectivity index (χ4v) is 10.6. The number of halogens is 2. The molecule has 0 N–H and O–H groups in total. The highest BCUT2D eigenvalue weighted by molar-refractivity contribution is 6.28. The molecule has 12 rings (SSSR count). The molecule has 0 aliphatic carbocycles. The van der Waals surface area contributed by atoms with Crippen LogP contribution in [0.25, 0.3) is 76.8 Å². The summed E-state index contributed by atoms with van der Waals surface area (Å²) in [4.78, 5) is 4.12. The first-order valence-electron chi connectivity index (χ1n) is 24.5. The fourth-order valence-electron chi connectivity index (χ4n) is 10.6. The van der Waals surface area contributed by atoms with Crippen LogP contribution in [0.4, 0.5) is 42.9 Å². The molecule has 346 valence electrons. The van der Waals surface area contributed by atoms with Crippen LogP contribution in [0.15, 0.2) is 231 Å². The van der Waals surface area contributed by atoms with Crippen molar-refractivity contribution in [3.63, 3.8) is 0 Å². The average molecular weight is 933 g/mol. The van der Waals surface area contributed by atoms with Gasteiger partial charge in [-0.25, -0.2) is 8.78 Å². The Labute approximate surface area is 419 Å². The summed E-state index contributed by atoms with van der Waals surface area (Å²) in [6.45, 7) is 8.23. The van der Waals surface area contributed by atoms with E-state index >= 15 is 8.78 Å². The number of hydrogen-bond donors (Lipinski definition) is 0. The quantitative estimate of drug-likeness (QED) is 0.126. The van der Waals surface area contributed by atoms with Crippen LogP contribution in [0.1, 0.15) is 22.3 Å². The number of rotatable bonds is 10. The van der Waals surface area contributed by atoms with Crippen molar-refractivity contribution in [3.05, 3.63) is 264 Å². The third-order valence-electron chi connectivity index (χ3n) is 14.3. The number of anilines is 6. The molecule has 12 aromatic rings. The van der Waals surface area contributed by atoms with Gasteiger partial charge in [-0.1, -0.05) is 204 Å². The molecule has 0 saturated heterocycles. The van der Waals surface area contributed by atoms with E-state index < -0.39 is 0 Å². The summed E-state index contributed by atoms with van der Waals surface area (Å²) in [5.41, 5.74) is 15.0. The van der Waals surface area contributed by atoms with Gasteiger partial charge >= 0.3 is 0 Å². The first-order chi connectivity index (χ1) is 35.2. The van der Waals surface area contributed by atoms with Crippen LogP contribution in [0.3, 0.4) is 0 Å². The molecular formula is C68H50F2N2. The van der Waals surface area contributed by atoms with Crippen molar-refractivity contribution in [2.45, 2.75) is 27.7 Å². The van der Waals surface area contributed by atoms with Crippen LogP contribution in [-0.4, -0.2) is 0 Å². The van der Waals surface area contributed by atoms with Crippen LogP contribution in [0.2, 0.25) is 0 Å². The lowest BCUT2D eigenvalue weighted by Gasteiger charge is -2.30. The highest BCUT2D eigenvalue weighted by Gasteiger charge is 2.28. The summed E-state index contributed by atoms with van der Waals surface area (Å²) >= 11 is 0. The maximum Gasteiger partial charge on any atom is 0.155 e. The Balaban J connectivity index is 1.09. The second-order valence-corrected chi connectivity index (χ2v) is 19.0. The van der Waals surface area contributed by atoms with Crippen LogP contribution in [-0.2, 0) is 0 Å². The van der Waals surface area contributed by atoms with Crippen molar-refractivity contribution in [2.24, 2.45) is 0 Å². The Morgan fingerprint density at radius 2 is 0.583 bits per heavy atom. The molecule has 12 aromatic carbocycles. The zero-order valence-corrected chi connectivity index (χ0v) is 40.6. The minimum atomic E-state index is -0.312. The molecular weight excluding hydrogens is 883 g/mol. The Hall–Kier alpha value is -8.86. The molecule has 0 saturated carbocycles. The molecule has 0 atom stereocenters. The largest absolute Gasteiger partial charge is 0.307 e. The molecule has 2 nitrogen and oxygen atoms in total. The van der Waals surface area contributed by atoms with Gasteiger partial charge in [-0.15, -0.1) is 0 Å². The van der Waals surface area contributed by atoms with E-state index in [0.717, 1.165) is 111 Å². The van der Waals surface area contributed by atoms with Gasteiger partial charge in [0.1, 0.15) is 0 Å². The molecule has 0 unspecified atom stereocenters. The summed E-state index contributed by atoms with van der Waals surface area (Å²) < 4.78 is 36.4. The Kier molecular flexibility index (Phi) is 11.2. The lowest BCUT2D eigenvalue weighted by Crippen LogP contribution is -2.14. The van der Waals surface area contributed by atoms with Crippen molar-refractivity contribution in [3.8, 4) is 44.5 Å². The molecule has 0 amide bonds. The average Bonchev–Trinajstić information content (AvgIpc) is 3.41. The Bertz CT molecular complexity index is 3680. The zero-order valence-electron chi connectivity index (χ0n) is 40.6. The lowest BCUT2D eigenvalue weighted by atomic mass is 9.90. The summed E-state index contributed by atoms with van der Waals surface area (Å²) in [5, 5.41) is 6.12. The van der Waals surface area contributed by atoms with Crippen molar-refractivity contribution < 1.29 is 8.78 Å². The lowest BCUT2D eigenvalue weighted by molar-refractivity contribution is 0.632. The third kappa shape index (κ3) is 7.73. The molecule has 0 radical (unpaired) electrons.